The van der Waals surface area contributed by atoms with Crippen molar-refractivity contribution >= 4 is 5.91 Å². The van der Waals surface area contributed by atoms with Crippen LogP contribution < -0.4 is 4.74 Å². The van der Waals surface area contributed by atoms with Crippen molar-refractivity contribution in [3.05, 3.63) is 77.7 Å². The minimum atomic E-state index is -0.398. The molecule has 0 saturated carbocycles. The standard InChI is InChI=1S/C21H20FN3O2/c22-17-8-4-6-15(12-17)21(26)25-11-5-7-16(14-25)19-13-20(24-23-19)27-18-9-2-1-3-10-18/h1-4,6,8-10,12-13,16H,5,7,11,14H2,(H,23,24)/t16-/m0/s1. The van der Waals surface area contributed by atoms with Gasteiger partial charge in [-0.3, -0.25) is 9.89 Å². The average Bonchev–Trinajstić information content (AvgIpc) is 3.17. The number of nitrogens with zero attached hydrogens (tertiary/aromatic N) is 2. The Morgan fingerprint density at radius 1 is 1.15 bits per heavy atom. The predicted octanol–water partition coefficient (Wildman–Crippen LogP) is 4.36. The molecule has 0 radical (unpaired) electrons. The molecule has 2 aromatic carbocycles. The van der Waals surface area contributed by atoms with Crippen LogP contribution in [0.1, 0.15) is 34.8 Å². The van der Waals surface area contributed by atoms with Crippen LogP contribution >= 0.6 is 0 Å². The van der Waals surface area contributed by atoms with Gasteiger partial charge in [-0.2, -0.15) is 0 Å². The first kappa shape index (κ1) is 17.3. The van der Waals surface area contributed by atoms with E-state index in [2.05, 4.69) is 10.2 Å². The summed E-state index contributed by atoms with van der Waals surface area (Å²) in [4.78, 5) is 14.5. The van der Waals surface area contributed by atoms with Crippen LogP contribution in [-0.4, -0.2) is 34.1 Å². The first-order chi connectivity index (χ1) is 13.2. The lowest BCUT2D eigenvalue weighted by Gasteiger charge is -2.32. The molecule has 1 aliphatic heterocycles. The molecule has 0 bridgehead atoms. The zero-order valence-corrected chi connectivity index (χ0v) is 14.8. The smallest absolute Gasteiger partial charge is 0.253 e. The van der Waals surface area contributed by atoms with Crippen LogP contribution in [0.3, 0.4) is 0 Å². The number of benzene rings is 2. The maximum absolute atomic E-state index is 13.4. The highest BCUT2D eigenvalue weighted by Crippen LogP contribution is 2.29. The zero-order valence-electron chi connectivity index (χ0n) is 14.8. The van der Waals surface area contributed by atoms with E-state index in [0.29, 0.717) is 24.5 Å². The maximum Gasteiger partial charge on any atom is 0.253 e. The Morgan fingerprint density at radius 2 is 2.00 bits per heavy atom. The number of carbonyl (C=O) groups is 1. The van der Waals surface area contributed by atoms with Crippen molar-refractivity contribution < 1.29 is 13.9 Å². The number of amides is 1. The van der Waals surface area contributed by atoms with E-state index < -0.39 is 5.82 Å². The highest BCUT2D eigenvalue weighted by Gasteiger charge is 2.27. The van der Waals surface area contributed by atoms with Gasteiger partial charge in [0.2, 0.25) is 5.88 Å². The Bertz CT molecular complexity index is 926. The number of halogens is 1. The molecular weight excluding hydrogens is 345 g/mol. The molecule has 138 valence electrons. The topological polar surface area (TPSA) is 58.2 Å². The molecule has 1 saturated heterocycles. The summed E-state index contributed by atoms with van der Waals surface area (Å²) in [5, 5.41) is 7.26. The monoisotopic (exact) mass is 365 g/mol. The number of piperidine rings is 1. The van der Waals surface area contributed by atoms with Gasteiger partial charge in [-0.1, -0.05) is 24.3 Å². The van der Waals surface area contributed by atoms with E-state index in [9.17, 15) is 9.18 Å². The first-order valence-electron chi connectivity index (χ1n) is 9.02. The SMILES string of the molecule is O=C(c1cccc(F)c1)N1CCC[C@H](c2cc(Oc3ccccc3)n[nH]2)C1. The molecule has 0 unspecified atom stereocenters. The number of H-pyrrole nitrogens is 1. The molecule has 1 fully saturated rings. The second-order valence-corrected chi connectivity index (χ2v) is 6.68. The van der Waals surface area contributed by atoms with Crippen LogP contribution in [0.25, 0.3) is 0 Å². The molecule has 1 aliphatic rings. The van der Waals surface area contributed by atoms with Crippen molar-refractivity contribution in [3.63, 3.8) is 0 Å². The van der Waals surface area contributed by atoms with E-state index in [0.717, 1.165) is 24.3 Å². The molecule has 5 nitrogen and oxygen atoms in total. The van der Waals surface area contributed by atoms with Crippen molar-refractivity contribution in [2.45, 2.75) is 18.8 Å². The molecule has 1 amide bonds. The lowest BCUT2D eigenvalue weighted by atomic mass is 9.94. The van der Waals surface area contributed by atoms with Crippen LogP contribution in [0, 0.1) is 5.82 Å². The largest absolute Gasteiger partial charge is 0.438 e. The molecular formula is C21H20FN3O2. The third-order valence-electron chi connectivity index (χ3n) is 4.76. The molecule has 0 spiro atoms. The number of rotatable bonds is 4. The van der Waals surface area contributed by atoms with E-state index >= 15 is 0 Å². The van der Waals surface area contributed by atoms with E-state index in [1.165, 1.54) is 12.1 Å². The van der Waals surface area contributed by atoms with Gasteiger partial charge < -0.3 is 9.64 Å². The Kier molecular flexibility index (Phi) is 4.87. The molecule has 2 heterocycles. The minimum absolute atomic E-state index is 0.139. The van der Waals surface area contributed by atoms with Crippen LogP contribution in [0.4, 0.5) is 4.39 Å². The molecule has 1 N–H and O–H groups in total. The predicted molar refractivity (Wildman–Crippen MR) is 99.4 cm³/mol. The second-order valence-electron chi connectivity index (χ2n) is 6.68. The lowest BCUT2D eigenvalue weighted by Crippen LogP contribution is -2.39. The Morgan fingerprint density at radius 3 is 2.81 bits per heavy atom. The van der Waals surface area contributed by atoms with E-state index in [4.69, 9.17) is 4.74 Å². The van der Waals surface area contributed by atoms with E-state index in [-0.39, 0.29) is 11.8 Å². The number of hydrogen-bond donors (Lipinski definition) is 1. The lowest BCUT2D eigenvalue weighted by molar-refractivity contribution is 0.0705. The van der Waals surface area contributed by atoms with E-state index in [1.54, 1.807) is 17.0 Å². The summed E-state index contributed by atoms with van der Waals surface area (Å²) in [5.41, 5.74) is 1.33. The number of carbonyl (C=O) groups excluding carboxylic acids is 1. The van der Waals surface area contributed by atoms with Gasteiger partial charge in [0.15, 0.2) is 0 Å². The second kappa shape index (κ2) is 7.61. The fourth-order valence-electron chi connectivity index (χ4n) is 3.41. The molecule has 4 rings (SSSR count). The molecule has 6 heteroatoms. The molecule has 1 aromatic heterocycles. The zero-order chi connectivity index (χ0) is 18.6. The molecule has 3 aromatic rings. The number of likely N-dealkylation sites (tertiary alicyclic amines) is 1. The van der Waals surface area contributed by atoms with Gasteiger partial charge in [0.05, 0.1) is 0 Å². The maximum atomic E-state index is 13.4. The van der Waals surface area contributed by atoms with Gasteiger partial charge in [-0.05, 0) is 43.2 Å². The minimum Gasteiger partial charge on any atom is -0.438 e. The van der Waals surface area contributed by atoms with Gasteiger partial charge in [0.25, 0.3) is 5.91 Å². The van der Waals surface area contributed by atoms with E-state index in [1.807, 2.05) is 36.4 Å². The Balaban J connectivity index is 1.45. The van der Waals surface area contributed by atoms with Crippen LogP contribution in [0.2, 0.25) is 0 Å². The Labute approximate surface area is 156 Å². The fraction of sp³-hybridized carbons (Fsp3) is 0.238. The van der Waals surface area contributed by atoms with Crippen molar-refractivity contribution in [1.29, 1.82) is 0 Å². The summed E-state index contributed by atoms with van der Waals surface area (Å²) in [7, 11) is 0. The summed E-state index contributed by atoms with van der Waals surface area (Å²) >= 11 is 0. The number of aromatic nitrogens is 2. The highest BCUT2D eigenvalue weighted by atomic mass is 19.1. The number of nitrogens with one attached hydrogen (secondary N) is 1. The number of aromatic amines is 1. The van der Waals surface area contributed by atoms with Gasteiger partial charge in [0, 0.05) is 36.3 Å². The summed E-state index contributed by atoms with van der Waals surface area (Å²) in [5.74, 6) is 0.842. The quantitative estimate of drug-likeness (QED) is 0.747. The van der Waals surface area contributed by atoms with Crippen molar-refractivity contribution in [1.82, 2.24) is 15.1 Å². The van der Waals surface area contributed by atoms with Gasteiger partial charge in [-0.25, -0.2) is 4.39 Å². The van der Waals surface area contributed by atoms with Crippen molar-refractivity contribution in [2.75, 3.05) is 13.1 Å². The summed E-state index contributed by atoms with van der Waals surface area (Å²) < 4.78 is 19.2. The molecule has 0 aliphatic carbocycles. The third kappa shape index (κ3) is 4.00. The summed E-state index contributed by atoms with van der Waals surface area (Å²) in [6.45, 7) is 1.25. The fourth-order valence-corrected chi connectivity index (χ4v) is 3.41. The normalized spacial score (nSPS) is 16.9. The number of ether oxygens (including phenoxy) is 1. The number of hydrogen-bond acceptors (Lipinski definition) is 3. The van der Waals surface area contributed by atoms with Crippen LogP contribution in [-0.2, 0) is 0 Å². The number of para-hydroxylation sites is 1. The highest BCUT2D eigenvalue weighted by molar-refractivity contribution is 5.94. The van der Waals surface area contributed by atoms with Gasteiger partial charge in [-0.15, -0.1) is 5.10 Å². The van der Waals surface area contributed by atoms with Gasteiger partial charge in [0.1, 0.15) is 11.6 Å². The van der Waals surface area contributed by atoms with Crippen LogP contribution in [0.15, 0.2) is 60.7 Å². The third-order valence-corrected chi connectivity index (χ3v) is 4.76. The first-order valence-corrected chi connectivity index (χ1v) is 9.02. The summed E-state index contributed by atoms with van der Waals surface area (Å²) in [6.07, 6.45) is 1.85. The molecule has 1 atom stereocenters. The average molecular weight is 365 g/mol. The van der Waals surface area contributed by atoms with Gasteiger partial charge >= 0.3 is 0 Å². The Hall–Kier alpha value is -3.15. The van der Waals surface area contributed by atoms with Crippen molar-refractivity contribution in [3.8, 4) is 11.6 Å². The molecule has 27 heavy (non-hydrogen) atoms. The van der Waals surface area contributed by atoms with Crippen molar-refractivity contribution in [2.24, 2.45) is 0 Å². The summed E-state index contributed by atoms with van der Waals surface area (Å²) in [6, 6.07) is 17.2. The van der Waals surface area contributed by atoms with Crippen LogP contribution in [0.5, 0.6) is 11.6 Å².